The first kappa shape index (κ1) is 25.1. The fourth-order valence-electron chi connectivity index (χ4n) is 5.50. The van der Waals surface area contributed by atoms with Crippen LogP contribution in [0.1, 0.15) is 39.1 Å². The maximum atomic E-state index is 13.7. The minimum Gasteiger partial charge on any atom is -0.438 e. The molecule has 6 rings (SSSR count). The van der Waals surface area contributed by atoms with Crippen LogP contribution in [0.2, 0.25) is 5.02 Å². The number of ketones is 1. The van der Waals surface area contributed by atoms with Gasteiger partial charge in [-0.2, -0.15) is 0 Å². The second kappa shape index (κ2) is 9.50. The van der Waals surface area contributed by atoms with E-state index in [0.29, 0.717) is 59.2 Å². The number of nitrogens with one attached hydrogen (secondary N) is 1. The number of halogens is 3. The molecule has 3 heterocycles. The van der Waals surface area contributed by atoms with Gasteiger partial charge in [-0.05, 0) is 30.3 Å². The van der Waals surface area contributed by atoms with Crippen LogP contribution in [-0.4, -0.2) is 40.3 Å². The molecule has 2 aliphatic rings. The Bertz CT molecular complexity index is 1640. The van der Waals surface area contributed by atoms with E-state index in [1.165, 1.54) is 0 Å². The van der Waals surface area contributed by atoms with Crippen molar-refractivity contribution in [3.8, 4) is 0 Å². The average molecular weight is 550 g/mol. The molecule has 0 radical (unpaired) electrons. The molecule has 1 N–H and O–H groups in total. The molecule has 1 fully saturated rings. The van der Waals surface area contributed by atoms with Crippen molar-refractivity contribution in [2.75, 3.05) is 18.4 Å². The van der Waals surface area contributed by atoms with Crippen LogP contribution >= 0.6 is 11.6 Å². The number of nitrogens with zero attached hydrogens (tertiary/aromatic N) is 2. The second-order valence-electron chi connectivity index (χ2n) is 9.76. The van der Waals surface area contributed by atoms with Gasteiger partial charge in [0.2, 0.25) is 0 Å². The molecule has 1 saturated heterocycles. The van der Waals surface area contributed by atoms with Crippen LogP contribution in [0.3, 0.4) is 0 Å². The Kier molecular flexibility index (Phi) is 6.10. The van der Waals surface area contributed by atoms with Gasteiger partial charge in [0, 0.05) is 59.7 Å². The maximum absolute atomic E-state index is 13.7. The van der Waals surface area contributed by atoms with E-state index in [0.717, 1.165) is 17.7 Å². The van der Waals surface area contributed by atoms with Gasteiger partial charge >= 0.3 is 6.09 Å². The Morgan fingerprint density at radius 1 is 1.00 bits per heavy atom. The highest BCUT2D eigenvalue weighted by Crippen LogP contribution is 2.43. The maximum Gasteiger partial charge on any atom is 0.412 e. The fraction of sp³-hybridized carbons (Fsp3) is 0.207. The predicted molar refractivity (Wildman–Crippen MR) is 141 cm³/mol. The number of para-hydroxylation sites is 1. The predicted octanol–water partition coefficient (Wildman–Crippen LogP) is 6.15. The Balaban J connectivity index is 1.28. The first-order valence-corrected chi connectivity index (χ1v) is 12.8. The molecule has 10 heteroatoms. The molecule has 0 aliphatic carbocycles. The zero-order chi connectivity index (χ0) is 27.3. The smallest absolute Gasteiger partial charge is 0.412 e. The second-order valence-corrected chi connectivity index (χ2v) is 10.2. The molecule has 4 aromatic rings. The lowest BCUT2D eigenvalue weighted by Crippen LogP contribution is -2.49. The normalized spacial score (nSPS) is 16.1. The third kappa shape index (κ3) is 4.52. The summed E-state index contributed by atoms with van der Waals surface area (Å²) >= 11 is 6.22. The molecule has 0 saturated carbocycles. The van der Waals surface area contributed by atoms with Gasteiger partial charge in [0.15, 0.2) is 5.78 Å². The average Bonchev–Trinajstić information content (AvgIpc) is 3.25. The van der Waals surface area contributed by atoms with E-state index in [4.69, 9.17) is 16.3 Å². The fourth-order valence-corrected chi connectivity index (χ4v) is 5.66. The molecule has 39 heavy (non-hydrogen) atoms. The minimum absolute atomic E-state index is 0.109. The van der Waals surface area contributed by atoms with Crippen LogP contribution in [0.4, 0.5) is 19.3 Å². The van der Waals surface area contributed by atoms with E-state index < -0.39 is 29.1 Å². The summed E-state index contributed by atoms with van der Waals surface area (Å²) in [5.41, 5.74) is 1.59. The molecular formula is C29H22ClF2N3O4. The summed E-state index contributed by atoms with van der Waals surface area (Å²) in [6.45, 7) is 0.459. The Morgan fingerprint density at radius 2 is 1.72 bits per heavy atom. The number of carbonyl (C=O) groups is 3. The number of hydrogen-bond acceptors (Lipinski definition) is 4. The van der Waals surface area contributed by atoms with Crippen molar-refractivity contribution in [1.29, 1.82) is 0 Å². The minimum atomic E-state index is -0.848. The van der Waals surface area contributed by atoms with Crippen molar-refractivity contribution < 1.29 is 27.9 Å². The molecule has 0 atom stereocenters. The number of fused-ring (bicyclic) bond motifs is 3. The van der Waals surface area contributed by atoms with Crippen LogP contribution < -0.4 is 5.32 Å². The summed E-state index contributed by atoms with van der Waals surface area (Å²) in [7, 11) is 0. The SMILES string of the molecule is O=C1Nc2ccccc2C2(CCN(C(=O)c3cn(CC(=O)c4cc(F)cc(F)c4)c4cc(Cl)ccc34)CC2)O1. The molecule has 1 aromatic heterocycles. The summed E-state index contributed by atoms with van der Waals surface area (Å²) in [5.74, 6) is -2.46. The quantitative estimate of drug-likeness (QED) is 0.310. The van der Waals surface area contributed by atoms with Crippen LogP contribution in [0, 0.1) is 11.6 Å². The molecule has 0 unspecified atom stereocenters. The number of ether oxygens (including phenoxy) is 1. The Morgan fingerprint density at radius 3 is 2.46 bits per heavy atom. The molecular weight excluding hydrogens is 528 g/mol. The van der Waals surface area contributed by atoms with Gasteiger partial charge in [0.05, 0.1) is 23.3 Å². The van der Waals surface area contributed by atoms with E-state index >= 15 is 0 Å². The van der Waals surface area contributed by atoms with Gasteiger partial charge in [0.25, 0.3) is 5.91 Å². The van der Waals surface area contributed by atoms with Crippen molar-refractivity contribution in [1.82, 2.24) is 9.47 Å². The number of aromatic nitrogens is 1. The third-order valence-corrected chi connectivity index (χ3v) is 7.61. The highest BCUT2D eigenvalue weighted by atomic mass is 35.5. The Hall–Kier alpha value is -4.24. The van der Waals surface area contributed by atoms with Crippen molar-refractivity contribution in [2.45, 2.75) is 25.0 Å². The highest BCUT2D eigenvalue weighted by Gasteiger charge is 2.45. The number of anilines is 1. The standard InChI is InChI=1S/C29H22ClF2N3O4/c30-18-5-6-21-22(15-35(25(21)13-18)16-26(36)17-11-19(31)14-20(32)12-17)27(37)34-9-7-29(8-10-34)23-3-1-2-4-24(23)33-28(38)39-29/h1-6,11-15H,7-10,16H2,(H,33,38). The molecule has 198 valence electrons. The number of amides is 2. The lowest BCUT2D eigenvalue weighted by atomic mass is 9.82. The number of rotatable bonds is 4. The van der Waals surface area contributed by atoms with Gasteiger partial charge in [-0.3, -0.25) is 14.9 Å². The van der Waals surface area contributed by atoms with Crippen molar-refractivity contribution in [3.05, 3.63) is 100 Å². The summed E-state index contributed by atoms with van der Waals surface area (Å²) in [6, 6.07) is 15.1. The van der Waals surface area contributed by atoms with Gasteiger partial charge in [-0.25, -0.2) is 13.6 Å². The number of Topliss-reactive ketones (excluding diaryl/α,β-unsaturated/α-hetero) is 1. The lowest BCUT2D eigenvalue weighted by molar-refractivity contribution is -0.0331. The third-order valence-electron chi connectivity index (χ3n) is 7.37. The Labute approximate surface area is 226 Å². The number of benzene rings is 3. The zero-order valence-corrected chi connectivity index (χ0v) is 21.3. The summed E-state index contributed by atoms with van der Waals surface area (Å²) < 4.78 is 34.7. The van der Waals surface area contributed by atoms with E-state index in [2.05, 4.69) is 5.32 Å². The van der Waals surface area contributed by atoms with Crippen molar-refractivity contribution in [2.24, 2.45) is 0 Å². The lowest BCUT2D eigenvalue weighted by Gasteiger charge is -2.44. The van der Waals surface area contributed by atoms with E-state index in [1.54, 1.807) is 33.9 Å². The molecule has 2 aliphatic heterocycles. The van der Waals surface area contributed by atoms with Crippen LogP contribution in [-0.2, 0) is 16.9 Å². The van der Waals surface area contributed by atoms with E-state index in [9.17, 15) is 23.2 Å². The first-order valence-electron chi connectivity index (χ1n) is 12.4. The largest absolute Gasteiger partial charge is 0.438 e. The topological polar surface area (TPSA) is 80.6 Å². The molecule has 0 bridgehead atoms. The van der Waals surface area contributed by atoms with Crippen molar-refractivity contribution >= 4 is 46.0 Å². The van der Waals surface area contributed by atoms with Crippen molar-refractivity contribution in [3.63, 3.8) is 0 Å². The van der Waals surface area contributed by atoms with E-state index in [1.807, 2.05) is 24.3 Å². The molecule has 2 amide bonds. The van der Waals surface area contributed by atoms with Crippen LogP contribution in [0.5, 0.6) is 0 Å². The van der Waals surface area contributed by atoms with Gasteiger partial charge in [0.1, 0.15) is 17.2 Å². The van der Waals surface area contributed by atoms with Gasteiger partial charge in [-0.15, -0.1) is 0 Å². The zero-order valence-electron chi connectivity index (χ0n) is 20.5. The van der Waals surface area contributed by atoms with Gasteiger partial charge in [-0.1, -0.05) is 35.9 Å². The summed E-state index contributed by atoms with van der Waals surface area (Å²) in [5, 5.41) is 3.74. The summed E-state index contributed by atoms with van der Waals surface area (Å²) in [6.07, 6.45) is 1.91. The summed E-state index contributed by atoms with van der Waals surface area (Å²) in [4.78, 5) is 40.6. The number of carbonyl (C=O) groups excluding carboxylic acids is 3. The first-order chi connectivity index (χ1) is 18.7. The molecule has 7 nitrogen and oxygen atoms in total. The number of likely N-dealkylation sites (tertiary alicyclic amines) is 1. The monoisotopic (exact) mass is 549 g/mol. The molecule has 3 aromatic carbocycles. The van der Waals surface area contributed by atoms with Gasteiger partial charge < -0.3 is 14.2 Å². The number of hydrogen-bond donors (Lipinski definition) is 1. The highest BCUT2D eigenvalue weighted by molar-refractivity contribution is 6.31. The van der Waals surface area contributed by atoms with Crippen LogP contribution in [0.25, 0.3) is 10.9 Å². The molecule has 1 spiro atoms. The van der Waals surface area contributed by atoms with E-state index in [-0.39, 0.29) is 18.0 Å². The van der Waals surface area contributed by atoms with Crippen LogP contribution in [0.15, 0.2) is 66.9 Å². The number of piperidine rings is 1.